The van der Waals surface area contributed by atoms with Gasteiger partial charge < -0.3 is 30.0 Å². The van der Waals surface area contributed by atoms with Gasteiger partial charge in [0, 0.05) is 13.7 Å². The summed E-state index contributed by atoms with van der Waals surface area (Å²) < 4.78 is 17.2. The third kappa shape index (κ3) is 6.01. The first-order valence-electron chi connectivity index (χ1n) is 9.97. The first-order chi connectivity index (χ1) is 13.1. The molecule has 2 rings (SSSR count). The average molecular weight is 399 g/mol. The number of allylic oxidation sites excluding steroid dienone is 1. The lowest BCUT2D eigenvalue weighted by Gasteiger charge is -2.27. The average Bonchev–Trinajstić information content (AvgIpc) is 2.79. The molecule has 0 aliphatic carbocycles. The van der Waals surface area contributed by atoms with Crippen LogP contribution in [0.2, 0.25) is 0 Å². The normalized spacial score (nSPS) is 30.1. The minimum absolute atomic E-state index is 0.193. The number of methoxy groups -OCH3 is 1. The summed E-state index contributed by atoms with van der Waals surface area (Å²) in [5.41, 5.74) is 0. The minimum Gasteiger partial charge on any atom is -0.386 e. The molecular formula is C20H34N2O6. The molecule has 0 radical (unpaired) electrons. The molecule has 8 nitrogen and oxygen atoms in total. The largest absolute Gasteiger partial charge is 0.386 e. The van der Waals surface area contributed by atoms with Crippen LogP contribution in [-0.2, 0) is 23.8 Å². The van der Waals surface area contributed by atoms with Crippen LogP contribution in [0.5, 0.6) is 0 Å². The molecule has 5 atom stereocenters. The van der Waals surface area contributed by atoms with Crippen LogP contribution < -0.4 is 10.6 Å². The SMILES string of the molecule is CO[C@@H](C(=O)N[C@H]1CCCCNC1=O)[C@@H]1OC(C)(C)O[C@H]1[C@H](O)/C=C/C(C)C. The second-order valence-electron chi connectivity index (χ2n) is 8.19. The molecule has 0 aromatic rings. The van der Waals surface area contributed by atoms with Gasteiger partial charge in [-0.1, -0.05) is 26.0 Å². The molecule has 0 spiro atoms. The van der Waals surface area contributed by atoms with Crippen molar-refractivity contribution < 1.29 is 28.9 Å². The zero-order chi connectivity index (χ0) is 20.9. The van der Waals surface area contributed by atoms with Gasteiger partial charge in [0.05, 0.1) is 0 Å². The Morgan fingerprint density at radius 1 is 1.29 bits per heavy atom. The molecule has 0 unspecified atom stereocenters. The van der Waals surface area contributed by atoms with Gasteiger partial charge >= 0.3 is 0 Å². The Bertz CT molecular complexity index is 577. The summed E-state index contributed by atoms with van der Waals surface area (Å²) in [6, 6.07) is -0.604. The van der Waals surface area contributed by atoms with E-state index in [1.165, 1.54) is 7.11 Å². The summed E-state index contributed by atoms with van der Waals surface area (Å²) in [6.45, 7) is 8.06. The summed E-state index contributed by atoms with van der Waals surface area (Å²) in [5.74, 6) is -1.36. The molecule has 2 heterocycles. The fourth-order valence-corrected chi connectivity index (χ4v) is 3.48. The number of carbonyl (C=O) groups excluding carboxylic acids is 2. The van der Waals surface area contributed by atoms with Crippen LogP contribution in [0, 0.1) is 5.92 Å². The number of hydrogen-bond donors (Lipinski definition) is 3. The Morgan fingerprint density at radius 2 is 1.96 bits per heavy atom. The molecule has 2 saturated heterocycles. The lowest BCUT2D eigenvalue weighted by molar-refractivity contribution is -0.165. The maximum absolute atomic E-state index is 12.9. The van der Waals surface area contributed by atoms with Crippen LogP contribution >= 0.6 is 0 Å². The van der Waals surface area contributed by atoms with Gasteiger partial charge in [-0.2, -0.15) is 0 Å². The summed E-state index contributed by atoms with van der Waals surface area (Å²) in [6.07, 6.45) is 2.25. The Hall–Kier alpha value is -1.48. The molecule has 2 aliphatic heterocycles. The number of carbonyl (C=O) groups is 2. The molecule has 0 saturated carbocycles. The monoisotopic (exact) mass is 398 g/mol. The number of ether oxygens (including phenoxy) is 3. The molecule has 3 N–H and O–H groups in total. The summed E-state index contributed by atoms with van der Waals surface area (Å²) in [5, 5.41) is 16.1. The van der Waals surface area contributed by atoms with Crippen molar-refractivity contribution >= 4 is 11.8 Å². The Balaban J connectivity index is 2.14. The molecule has 2 amide bonds. The van der Waals surface area contributed by atoms with Crippen LogP contribution in [0.15, 0.2) is 12.2 Å². The molecule has 0 aromatic carbocycles. The van der Waals surface area contributed by atoms with Gasteiger partial charge in [0.1, 0.15) is 24.4 Å². The standard InChI is InChI=1S/C20H34N2O6/c1-12(2)9-10-14(23)15-16(28-20(3,4)27-15)17(26-5)19(25)22-13-8-6-7-11-21-18(13)24/h9-10,12-17,23H,6-8,11H2,1-5H3,(H,21,24)(H,22,25)/b10-9+/t13-,14+,15-,16+,17+/m0/s1. The van der Waals surface area contributed by atoms with Crippen molar-refractivity contribution in [2.45, 2.75) is 83.2 Å². The quantitative estimate of drug-likeness (QED) is 0.550. The Kier molecular flexibility index (Phi) is 8.00. The van der Waals surface area contributed by atoms with Crippen LogP contribution in [0.3, 0.4) is 0 Å². The maximum atomic E-state index is 12.9. The Labute approximate surface area is 167 Å². The van der Waals surface area contributed by atoms with E-state index >= 15 is 0 Å². The molecule has 28 heavy (non-hydrogen) atoms. The third-order valence-electron chi connectivity index (χ3n) is 4.86. The number of hydrogen-bond acceptors (Lipinski definition) is 6. The summed E-state index contributed by atoms with van der Waals surface area (Å²) >= 11 is 0. The first kappa shape index (κ1) is 22.8. The van der Waals surface area contributed by atoms with Crippen LogP contribution in [-0.4, -0.2) is 66.8 Å². The van der Waals surface area contributed by atoms with Crippen molar-refractivity contribution in [3.63, 3.8) is 0 Å². The van der Waals surface area contributed by atoms with Gasteiger partial charge in [0.25, 0.3) is 5.91 Å². The molecule has 0 bridgehead atoms. The summed E-state index contributed by atoms with van der Waals surface area (Å²) in [4.78, 5) is 25.0. The lowest BCUT2D eigenvalue weighted by Crippen LogP contribution is -2.54. The second kappa shape index (κ2) is 9.82. The summed E-state index contributed by atoms with van der Waals surface area (Å²) in [7, 11) is 1.40. The zero-order valence-corrected chi connectivity index (χ0v) is 17.4. The fourth-order valence-electron chi connectivity index (χ4n) is 3.48. The highest BCUT2D eigenvalue weighted by atomic mass is 16.8. The van der Waals surface area contributed by atoms with Gasteiger partial charge in [-0.05, 0) is 39.0 Å². The van der Waals surface area contributed by atoms with Gasteiger partial charge in [-0.25, -0.2) is 0 Å². The highest BCUT2D eigenvalue weighted by molar-refractivity contribution is 5.89. The zero-order valence-electron chi connectivity index (χ0n) is 17.4. The van der Waals surface area contributed by atoms with Crippen molar-refractivity contribution in [3.8, 4) is 0 Å². The van der Waals surface area contributed by atoms with E-state index in [4.69, 9.17) is 14.2 Å². The highest BCUT2D eigenvalue weighted by Crippen LogP contribution is 2.33. The topological polar surface area (TPSA) is 106 Å². The van der Waals surface area contributed by atoms with E-state index in [1.807, 2.05) is 19.9 Å². The first-order valence-corrected chi connectivity index (χ1v) is 9.97. The van der Waals surface area contributed by atoms with Crippen molar-refractivity contribution in [1.82, 2.24) is 10.6 Å². The molecular weight excluding hydrogens is 364 g/mol. The number of nitrogens with one attached hydrogen (secondary N) is 2. The predicted octanol–water partition coefficient (Wildman–Crippen LogP) is 0.880. The van der Waals surface area contributed by atoms with Gasteiger partial charge in [-0.3, -0.25) is 9.59 Å². The van der Waals surface area contributed by atoms with E-state index in [-0.39, 0.29) is 11.8 Å². The second-order valence-corrected chi connectivity index (χ2v) is 8.19. The van der Waals surface area contributed by atoms with E-state index in [1.54, 1.807) is 19.9 Å². The third-order valence-corrected chi connectivity index (χ3v) is 4.86. The van der Waals surface area contributed by atoms with Crippen LogP contribution in [0.1, 0.15) is 47.0 Å². The van der Waals surface area contributed by atoms with Crippen molar-refractivity contribution in [3.05, 3.63) is 12.2 Å². The van der Waals surface area contributed by atoms with E-state index in [2.05, 4.69) is 10.6 Å². The predicted molar refractivity (Wildman–Crippen MR) is 103 cm³/mol. The number of aliphatic hydroxyl groups excluding tert-OH is 1. The molecule has 160 valence electrons. The number of aliphatic hydroxyl groups is 1. The van der Waals surface area contributed by atoms with E-state index in [0.717, 1.165) is 12.8 Å². The Morgan fingerprint density at radius 3 is 2.61 bits per heavy atom. The molecule has 2 aliphatic rings. The van der Waals surface area contributed by atoms with Crippen LogP contribution in [0.25, 0.3) is 0 Å². The lowest BCUT2D eigenvalue weighted by atomic mass is 10.0. The van der Waals surface area contributed by atoms with Crippen molar-refractivity contribution in [2.75, 3.05) is 13.7 Å². The molecule has 0 aromatic heterocycles. The van der Waals surface area contributed by atoms with E-state index < -0.39 is 42.2 Å². The van der Waals surface area contributed by atoms with Gasteiger partial charge in [-0.15, -0.1) is 0 Å². The maximum Gasteiger partial charge on any atom is 0.252 e. The van der Waals surface area contributed by atoms with E-state index in [0.29, 0.717) is 13.0 Å². The van der Waals surface area contributed by atoms with Crippen LogP contribution in [0.4, 0.5) is 0 Å². The molecule has 8 heteroatoms. The number of amides is 2. The highest BCUT2D eigenvalue weighted by Gasteiger charge is 2.50. The van der Waals surface area contributed by atoms with E-state index in [9.17, 15) is 14.7 Å². The van der Waals surface area contributed by atoms with Gasteiger partial charge in [0.15, 0.2) is 11.9 Å². The van der Waals surface area contributed by atoms with Gasteiger partial charge in [0.2, 0.25) is 5.91 Å². The van der Waals surface area contributed by atoms with Crippen molar-refractivity contribution in [1.29, 1.82) is 0 Å². The fraction of sp³-hybridized carbons (Fsp3) is 0.800. The molecule has 2 fully saturated rings. The van der Waals surface area contributed by atoms with Crippen molar-refractivity contribution in [2.24, 2.45) is 5.92 Å². The minimum atomic E-state index is -1.02. The number of rotatable bonds is 7. The smallest absolute Gasteiger partial charge is 0.252 e.